The quantitative estimate of drug-likeness (QED) is 0.743. The first-order chi connectivity index (χ1) is 10.8. The van der Waals surface area contributed by atoms with Crippen LogP contribution in [0.4, 0.5) is 17.1 Å². The van der Waals surface area contributed by atoms with Crippen LogP contribution < -0.4 is 16.0 Å². The summed E-state index contributed by atoms with van der Waals surface area (Å²) >= 11 is 5.91. The maximum Gasteiger partial charge on any atom is 0.211 e. The molecule has 1 amide bonds. The van der Waals surface area contributed by atoms with Gasteiger partial charge in [0.1, 0.15) is 5.84 Å². The summed E-state index contributed by atoms with van der Waals surface area (Å²) in [6.45, 7) is 1.57. The van der Waals surface area contributed by atoms with E-state index in [9.17, 15) is 4.79 Å². The molecule has 6 heteroatoms. The van der Waals surface area contributed by atoms with E-state index in [4.69, 9.17) is 11.6 Å². The van der Waals surface area contributed by atoms with Crippen molar-refractivity contribution in [3.8, 4) is 0 Å². The van der Waals surface area contributed by atoms with Gasteiger partial charge < -0.3 is 16.0 Å². The number of para-hydroxylation sites is 1. The molecule has 0 radical (unpaired) electrons. The van der Waals surface area contributed by atoms with Gasteiger partial charge in [-0.15, -0.1) is 0 Å². The first kappa shape index (κ1) is 14.4. The number of carbonyl (C=O) groups is 1. The number of anilines is 3. The number of aliphatic imine (C=N–C) groups is 1. The summed E-state index contributed by atoms with van der Waals surface area (Å²) < 4.78 is 0. The molecule has 2 aromatic carbocycles. The predicted octanol–water partition coefficient (Wildman–Crippen LogP) is 3.00. The molecule has 1 aliphatic heterocycles. The second-order valence-electron chi connectivity index (χ2n) is 4.78. The number of nitrogens with zero attached hydrogens (tertiary/aromatic N) is 1. The molecule has 0 bridgehead atoms. The van der Waals surface area contributed by atoms with Crippen molar-refractivity contribution in [2.45, 2.75) is 0 Å². The predicted molar refractivity (Wildman–Crippen MR) is 90.3 cm³/mol. The van der Waals surface area contributed by atoms with E-state index in [1.54, 1.807) is 0 Å². The number of carbonyl (C=O) groups excluding carboxylic acids is 1. The molecule has 2 aromatic rings. The largest absolute Gasteiger partial charge is 0.368 e. The van der Waals surface area contributed by atoms with Crippen LogP contribution in [0, 0.1) is 0 Å². The van der Waals surface area contributed by atoms with Crippen LogP contribution in [-0.2, 0) is 4.79 Å². The molecule has 3 rings (SSSR count). The van der Waals surface area contributed by atoms with Gasteiger partial charge in [0.05, 0.1) is 17.9 Å². The van der Waals surface area contributed by atoms with E-state index >= 15 is 0 Å². The van der Waals surface area contributed by atoms with Crippen molar-refractivity contribution in [1.82, 2.24) is 5.32 Å². The fourth-order valence-corrected chi connectivity index (χ4v) is 2.45. The number of hydrogen-bond donors (Lipinski definition) is 3. The molecule has 1 aliphatic rings. The molecule has 0 saturated heterocycles. The first-order valence-corrected chi connectivity index (χ1v) is 7.30. The number of halogens is 1. The normalized spacial score (nSPS) is 13.2. The highest BCUT2D eigenvalue weighted by atomic mass is 35.5. The maximum atomic E-state index is 10.9. The SMILES string of the molecule is O=CNc1cccc(C2=NCCN2)c1Nc1ccc(Cl)cc1. The molecule has 0 fully saturated rings. The van der Waals surface area contributed by atoms with Crippen LogP contribution in [0.15, 0.2) is 47.5 Å². The highest BCUT2D eigenvalue weighted by Gasteiger charge is 2.15. The zero-order valence-corrected chi connectivity index (χ0v) is 12.5. The molecule has 3 N–H and O–H groups in total. The minimum atomic E-state index is 0.663. The summed E-state index contributed by atoms with van der Waals surface area (Å²) in [5.74, 6) is 0.825. The third kappa shape index (κ3) is 3.04. The van der Waals surface area contributed by atoms with Gasteiger partial charge in [0, 0.05) is 22.8 Å². The van der Waals surface area contributed by atoms with E-state index in [2.05, 4.69) is 20.9 Å². The van der Waals surface area contributed by atoms with Gasteiger partial charge in [-0.3, -0.25) is 9.79 Å². The van der Waals surface area contributed by atoms with Gasteiger partial charge in [0.2, 0.25) is 6.41 Å². The van der Waals surface area contributed by atoms with Gasteiger partial charge in [-0.1, -0.05) is 17.7 Å². The van der Waals surface area contributed by atoms with Crippen LogP contribution >= 0.6 is 11.6 Å². The Balaban J connectivity index is 2.01. The van der Waals surface area contributed by atoms with Gasteiger partial charge in [-0.05, 0) is 36.4 Å². The monoisotopic (exact) mass is 314 g/mol. The lowest BCUT2D eigenvalue weighted by Gasteiger charge is -2.16. The number of rotatable bonds is 5. The molecule has 0 unspecified atom stereocenters. The van der Waals surface area contributed by atoms with E-state index < -0.39 is 0 Å². The van der Waals surface area contributed by atoms with Crippen LogP contribution in [0.5, 0.6) is 0 Å². The number of amidine groups is 1. The van der Waals surface area contributed by atoms with E-state index in [0.717, 1.165) is 35.9 Å². The second-order valence-corrected chi connectivity index (χ2v) is 5.22. The summed E-state index contributed by atoms with van der Waals surface area (Å²) in [5.41, 5.74) is 3.28. The Labute approximate surface area is 133 Å². The number of amides is 1. The lowest BCUT2D eigenvalue weighted by molar-refractivity contribution is -0.105. The number of hydrogen-bond acceptors (Lipinski definition) is 4. The summed E-state index contributed by atoms with van der Waals surface area (Å²) in [6, 6.07) is 13.1. The van der Waals surface area contributed by atoms with Crippen molar-refractivity contribution in [2.24, 2.45) is 4.99 Å². The van der Waals surface area contributed by atoms with Gasteiger partial charge in [0.25, 0.3) is 0 Å². The van der Waals surface area contributed by atoms with Crippen LogP contribution in [0.1, 0.15) is 5.56 Å². The molecule has 0 spiro atoms. The van der Waals surface area contributed by atoms with Crippen molar-refractivity contribution in [2.75, 3.05) is 23.7 Å². The zero-order chi connectivity index (χ0) is 15.4. The topological polar surface area (TPSA) is 65.5 Å². The lowest BCUT2D eigenvalue weighted by atomic mass is 10.1. The highest BCUT2D eigenvalue weighted by molar-refractivity contribution is 6.30. The molecule has 0 atom stereocenters. The van der Waals surface area contributed by atoms with E-state index in [1.807, 2.05) is 42.5 Å². The van der Waals surface area contributed by atoms with E-state index in [1.165, 1.54) is 0 Å². The van der Waals surface area contributed by atoms with Gasteiger partial charge >= 0.3 is 0 Å². The van der Waals surface area contributed by atoms with Crippen molar-refractivity contribution in [3.05, 3.63) is 53.1 Å². The third-order valence-corrected chi connectivity index (χ3v) is 3.57. The first-order valence-electron chi connectivity index (χ1n) is 6.92. The highest BCUT2D eigenvalue weighted by Crippen LogP contribution is 2.30. The molecule has 0 saturated carbocycles. The molecule has 112 valence electrons. The zero-order valence-electron chi connectivity index (χ0n) is 11.8. The fraction of sp³-hybridized carbons (Fsp3) is 0.125. The average Bonchev–Trinajstić information content (AvgIpc) is 3.05. The van der Waals surface area contributed by atoms with Crippen molar-refractivity contribution < 1.29 is 4.79 Å². The van der Waals surface area contributed by atoms with Crippen molar-refractivity contribution in [3.63, 3.8) is 0 Å². The van der Waals surface area contributed by atoms with Crippen molar-refractivity contribution in [1.29, 1.82) is 0 Å². The average molecular weight is 315 g/mol. The van der Waals surface area contributed by atoms with Crippen LogP contribution in [-0.4, -0.2) is 25.3 Å². The van der Waals surface area contributed by atoms with E-state index in [0.29, 0.717) is 17.1 Å². The lowest BCUT2D eigenvalue weighted by Crippen LogP contribution is -2.21. The van der Waals surface area contributed by atoms with Crippen LogP contribution in [0.2, 0.25) is 5.02 Å². The summed E-state index contributed by atoms with van der Waals surface area (Å²) in [4.78, 5) is 15.3. The Morgan fingerprint density at radius 3 is 2.68 bits per heavy atom. The Morgan fingerprint density at radius 2 is 2.00 bits per heavy atom. The van der Waals surface area contributed by atoms with Crippen molar-refractivity contribution >= 4 is 40.9 Å². The summed E-state index contributed by atoms with van der Waals surface area (Å²) in [5, 5.41) is 9.97. The minimum absolute atomic E-state index is 0.663. The number of benzene rings is 2. The fourth-order valence-electron chi connectivity index (χ4n) is 2.32. The van der Waals surface area contributed by atoms with Gasteiger partial charge in [-0.25, -0.2) is 0 Å². The Bertz CT molecular complexity index is 713. The van der Waals surface area contributed by atoms with Crippen LogP contribution in [0.25, 0.3) is 0 Å². The molecular weight excluding hydrogens is 300 g/mol. The molecule has 22 heavy (non-hydrogen) atoms. The van der Waals surface area contributed by atoms with Gasteiger partial charge in [0.15, 0.2) is 0 Å². The molecular formula is C16H15ClN4O. The summed E-state index contributed by atoms with van der Waals surface area (Å²) in [6.07, 6.45) is 0.663. The third-order valence-electron chi connectivity index (χ3n) is 3.32. The Hall–Kier alpha value is -2.53. The van der Waals surface area contributed by atoms with Gasteiger partial charge in [-0.2, -0.15) is 0 Å². The van der Waals surface area contributed by atoms with Crippen LogP contribution in [0.3, 0.4) is 0 Å². The summed E-state index contributed by atoms with van der Waals surface area (Å²) in [7, 11) is 0. The Kier molecular flexibility index (Phi) is 4.25. The minimum Gasteiger partial charge on any atom is -0.368 e. The standard InChI is InChI=1S/C16H15ClN4O/c17-11-4-6-12(7-5-11)21-15-13(16-18-8-9-19-16)2-1-3-14(15)20-10-22/h1-7,10,21H,8-9H2,(H,18,19)(H,20,22). The molecule has 0 aromatic heterocycles. The molecule has 5 nitrogen and oxygen atoms in total. The Morgan fingerprint density at radius 1 is 1.18 bits per heavy atom. The maximum absolute atomic E-state index is 10.9. The second kappa shape index (κ2) is 6.49. The molecule has 0 aliphatic carbocycles. The smallest absolute Gasteiger partial charge is 0.211 e. The molecule has 1 heterocycles. The van der Waals surface area contributed by atoms with E-state index in [-0.39, 0.29) is 0 Å². The number of nitrogens with one attached hydrogen (secondary N) is 3.